The molecule has 1 aliphatic rings. The van der Waals surface area contributed by atoms with Crippen LogP contribution in [0.25, 0.3) is 11.0 Å². The van der Waals surface area contributed by atoms with Crippen molar-refractivity contribution < 1.29 is 23.4 Å². The Morgan fingerprint density at radius 1 is 1.45 bits per heavy atom. The number of methoxy groups -OCH3 is 1. The monoisotopic (exact) mass is 276 g/mol. The topological polar surface area (TPSA) is 57.9 Å². The molecule has 3 rings (SSSR count). The van der Waals surface area contributed by atoms with Crippen molar-refractivity contribution in [3.8, 4) is 5.75 Å². The number of fused-ring (bicyclic) bond motifs is 1. The third kappa shape index (κ3) is 2.49. The molecule has 1 aliphatic heterocycles. The first kappa shape index (κ1) is 13.0. The maximum Gasteiger partial charge on any atom is 0.338 e. The van der Waals surface area contributed by atoms with E-state index in [1.54, 1.807) is 18.4 Å². The largest absolute Gasteiger partial charge is 0.490 e. The van der Waals surface area contributed by atoms with Gasteiger partial charge in [0.05, 0.1) is 30.4 Å². The molecule has 1 atom stereocenters. The van der Waals surface area contributed by atoms with Crippen molar-refractivity contribution in [2.45, 2.75) is 18.9 Å². The van der Waals surface area contributed by atoms with Gasteiger partial charge in [-0.1, -0.05) is 0 Å². The van der Waals surface area contributed by atoms with Gasteiger partial charge < -0.3 is 18.6 Å². The van der Waals surface area contributed by atoms with E-state index in [4.69, 9.17) is 18.6 Å². The summed E-state index contributed by atoms with van der Waals surface area (Å²) in [6.07, 6.45) is 3.77. The van der Waals surface area contributed by atoms with Crippen molar-refractivity contribution in [1.82, 2.24) is 0 Å². The zero-order valence-electron chi connectivity index (χ0n) is 11.3. The van der Waals surface area contributed by atoms with Crippen LogP contribution in [-0.2, 0) is 9.47 Å². The van der Waals surface area contributed by atoms with Crippen molar-refractivity contribution in [3.63, 3.8) is 0 Å². The fraction of sp³-hybridized carbons (Fsp3) is 0.400. The maximum absolute atomic E-state index is 11.6. The standard InChI is InChI=1S/C15H16O5/c1-17-15(16)10-7-13-12(4-6-19-13)14(8-10)20-9-11-3-2-5-18-11/h4,6-8,11H,2-3,5,9H2,1H3. The highest BCUT2D eigenvalue weighted by atomic mass is 16.5. The molecule has 1 unspecified atom stereocenters. The molecule has 0 N–H and O–H groups in total. The zero-order valence-corrected chi connectivity index (χ0v) is 11.3. The summed E-state index contributed by atoms with van der Waals surface area (Å²) in [5, 5.41) is 0.843. The van der Waals surface area contributed by atoms with Gasteiger partial charge in [0.15, 0.2) is 0 Å². The molecular formula is C15H16O5. The number of esters is 1. The Labute approximate surface area is 116 Å². The van der Waals surface area contributed by atoms with Crippen LogP contribution < -0.4 is 4.74 Å². The fourth-order valence-electron chi connectivity index (χ4n) is 2.35. The molecule has 106 valence electrons. The Morgan fingerprint density at radius 3 is 3.10 bits per heavy atom. The molecule has 2 aromatic rings. The van der Waals surface area contributed by atoms with Crippen LogP contribution in [0, 0.1) is 0 Å². The van der Waals surface area contributed by atoms with Crippen LogP contribution in [0.15, 0.2) is 28.9 Å². The smallest absolute Gasteiger partial charge is 0.338 e. The van der Waals surface area contributed by atoms with E-state index in [0.717, 1.165) is 24.8 Å². The molecule has 2 heterocycles. The van der Waals surface area contributed by atoms with Gasteiger partial charge in [0.2, 0.25) is 0 Å². The van der Waals surface area contributed by atoms with Crippen LogP contribution in [0.3, 0.4) is 0 Å². The zero-order chi connectivity index (χ0) is 13.9. The van der Waals surface area contributed by atoms with E-state index in [1.165, 1.54) is 7.11 Å². The van der Waals surface area contributed by atoms with Crippen molar-refractivity contribution in [2.24, 2.45) is 0 Å². The highest BCUT2D eigenvalue weighted by Crippen LogP contribution is 2.29. The average molecular weight is 276 g/mol. The molecule has 1 aromatic carbocycles. The van der Waals surface area contributed by atoms with E-state index in [2.05, 4.69) is 0 Å². The SMILES string of the molecule is COC(=O)c1cc(OCC2CCCO2)c2ccoc2c1. The molecule has 5 heteroatoms. The lowest BCUT2D eigenvalue weighted by Crippen LogP contribution is -2.16. The summed E-state index contributed by atoms with van der Waals surface area (Å²) in [5.41, 5.74) is 1.02. The number of rotatable bonds is 4. The minimum Gasteiger partial charge on any atom is -0.490 e. The molecule has 1 aromatic heterocycles. The minimum absolute atomic E-state index is 0.124. The van der Waals surface area contributed by atoms with Crippen molar-refractivity contribution in [1.29, 1.82) is 0 Å². The van der Waals surface area contributed by atoms with E-state index in [-0.39, 0.29) is 6.10 Å². The molecule has 0 aliphatic carbocycles. The van der Waals surface area contributed by atoms with E-state index in [0.29, 0.717) is 23.5 Å². The van der Waals surface area contributed by atoms with Crippen LogP contribution in [0.4, 0.5) is 0 Å². The average Bonchev–Trinajstić information content (AvgIpc) is 3.14. The number of carbonyl (C=O) groups is 1. The highest BCUT2D eigenvalue weighted by Gasteiger charge is 2.18. The molecule has 1 fully saturated rings. The van der Waals surface area contributed by atoms with Gasteiger partial charge in [-0.3, -0.25) is 0 Å². The van der Waals surface area contributed by atoms with Crippen LogP contribution >= 0.6 is 0 Å². The lowest BCUT2D eigenvalue weighted by Gasteiger charge is -2.12. The second-order valence-electron chi connectivity index (χ2n) is 4.74. The molecule has 20 heavy (non-hydrogen) atoms. The third-order valence-corrected chi connectivity index (χ3v) is 3.40. The van der Waals surface area contributed by atoms with Crippen LogP contribution in [0.2, 0.25) is 0 Å². The van der Waals surface area contributed by atoms with Gasteiger partial charge in [0, 0.05) is 6.61 Å². The van der Waals surface area contributed by atoms with Gasteiger partial charge in [0.1, 0.15) is 17.9 Å². The van der Waals surface area contributed by atoms with E-state index < -0.39 is 5.97 Å². The number of hydrogen-bond donors (Lipinski definition) is 0. The third-order valence-electron chi connectivity index (χ3n) is 3.40. The summed E-state index contributed by atoms with van der Waals surface area (Å²) in [4.78, 5) is 11.6. The summed E-state index contributed by atoms with van der Waals surface area (Å²) in [7, 11) is 1.35. The van der Waals surface area contributed by atoms with Crippen molar-refractivity contribution >= 4 is 16.9 Å². The Balaban J connectivity index is 1.86. The molecular weight excluding hydrogens is 260 g/mol. The molecule has 0 bridgehead atoms. The van der Waals surface area contributed by atoms with Gasteiger partial charge in [-0.2, -0.15) is 0 Å². The van der Waals surface area contributed by atoms with Gasteiger partial charge >= 0.3 is 5.97 Å². The number of hydrogen-bond acceptors (Lipinski definition) is 5. The van der Waals surface area contributed by atoms with E-state index >= 15 is 0 Å². The Hall–Kier alpha value is -2.01. The second-order valence-corrected chi connectivity index (χ2v) is 4.74. The molecule has 0 spiro atoms. The molecule has 0 radical (unpaired) electrons. The van der Waals surface area contributed by atoms with E-state index in [1.807, 2.05) is 6.07 Å². The van der Waals surface area contributed by atoms with Crippen LogP contribution in [-0.4, -0.2) is 32.4 Å². The van der Waals surface area contributed by atoms with Crippen molar-refractivity contribution in [2.75, 3.05) is 20.3 Å². The minimum atomic E-state index is -0.412. The number of benzene rings is 1. The van der Waals surface area contributed by atoms with Gasteiger partial charge in [-0.05, 0) is 31.0 Å². The van der Waals surface area contributed by atoms with Crippen molar-refractivity contribution in [3.05, 3.63) is 30.0 Å². The normalized spacial score (nSPS) is 18.4. The number of furan rings is 1. The summed E-state index contributed by atoms with van der Waals surface area (Å²) in [6.45, 7) is 1.27. The van der Waals surface area contributed by atoms with E-state index in [9.17, 15) is 4.79 Å². The van der Waals surface area contributed by atoms with Gasteiger partial charge in [-0.25, -0.2) is 4.79 Å². The van der Waals surface area contributed by atoms with Crippen LogP contribution in [0.1, 0.15) is 23.2 Å². The number of ether oxygens (including phenoxy) is 3. The predicted molar refractivity (Wildman–Crippen MR) is 72.0 cm³/mol. The molecule has 5 nitrogen and oxygen atoms in total. The Kier molecular flexibility index (Phi) is 3.60. The Bertz CT molecular complexity index is 610. The van der Waals surface area contributed by atoms with Gasteiger partial charge in [-0.15, -0.1) is 0 Å². The molecule has 0 saturated carbocycles. The summed E-state index contributed by atoms with van der Waals surface area (Å²) < 4.78 is 21.4. The predicted octanol–water partition coefficient (Wildman–Crippen LogP) is 2.78. The lowest BCUT2D eigenvalue weighted by atomic mass is 10.1. The molecule has 0 amide bonds. The van der Waals surface area contributed by atoms with Crippen LogP contribution in [0.5, 0.6) is 5.75 Å². The second kappa shape index (κ2) is 5.54. The first-order chi connectivity index (χ1) is 9.78. The lowest BCUT2D eigenvalue weighted by molar-refractivity contribution is 0.0598. The summed E-state index contributed by atoms with van der Waals surface area (Å²) in [5.74, 6) is 0.206. The maximum atomic E-state index is 11.6. The molecule has 1 saturated heterocycles. The first-order valence-electron chi connectivity index (χ1n) is 6.62. The highest BCUT2D eigenvalue weighted by molar-refractivity contribution is 5.96. The fourth-order valence-corrected chi connectivity index (χ4v) is 2.35. The first-order valence-corrected chi connectivity index (χ1v) is 6.62. The van der Waals surface area contributed by atoms with Gasteiger partial charge in [0.25, 0.3) is 0 Å². The number of carbonyl (C=O) groups excluding carboxylic acids is 1. The summed E-state index contributed by atoms with van der Waals surface area (Å²) >= 11 is 0. The Morgan fingerprint density at radius 2 is 2.35 bits per heavy atom. The quantitative estimate of drug-likeness (QED) is 0.804. The summed E-state index contributed by atoms with van der Waals surface area (Å²) in [6, 6.07) is 5.15.